The fraction of sp³-hybridized carbons (Fsp3) is 0.406. The molecule has 42 heavy (non-hydrogen) atoms. The predicted molar refractivity (Wildman–Crippen MR) is 157 cm³/mol. The summed E-state index contributed by atoms with van der Waals surface area (Å²) in [7, 11) is 0. The number of imidazole rings is 1. The fourth-order valence-electron chi connectivity index (χ4n) is 6.40. The number of aromatic carboxylic acids is 1. The molecule has 1 unspecified atom stereocenters. The van der Waals surface area contributed by atoms with Gasteiger partial charge in [-0.3, -0.25) is 9.88 Å². The van der Waals surface area contributed by atoms with Crippen LogP contribution in [0, 0.1) is 0 Å². The average Bonchev–Trinajstić information content (AvgIpc) is 3.52. The molecule has 5 heterocycles. The second kappa shape index (κ2) is 10.6. The summed E-state index contributed by atoms with van der Waals surface area (Å²) < 4.78 is 20.7. The van der Waals surface area contributed by atoms with Crippen LogP contribution in [-0.4, -0.2) is 56.3 Å². The van der Waals surface area contributed by atoms with Crippen LogP contribution in [-0.2, 0) is 17.1 Å². The molecule has 218 valence electrons. The molecule has 3 aliphatic heterocycles. The molecular weight excluding hydrogens is 556 g/mol. The molecule has 0 spiro atoms. The summed E-state index contributed by atoms with van der Waals surface area (Å²) in [5.41, 5.74) is 3.75. The van der Waals surface area contributed by atoms with E-state index in [4.69, 9.17) is 30.8 Å². The molecule has 2 fully saturated rings. The standard InChI is InChI=1S/C32H33ClN4O5/c1-19(30-35-25-8-6-21(31(38)39)16-26(25)37(30)18-23-12-15-40-23)36-13-10-20(11-14-36)24-4-3-5-27-29(24)42-32(2,41-27)28-9-7-22(33)17-34-28/h3-9,16-17,19-20,23H,10-15,18H2,1-2H3,(H,38,39)/t19?,23-,32-/m0/s1. The predicted octanol–water partition coefficient (Wildman–Crippen LogP) is 6.16. The third kappa shape index (κ3) is 4.79. The number of hydrogen-bond acceptors (Lipinski definition) is 7. The van der Waals surface area contributed by atoms with Crippen molar-refractivity contribution >= 4 is 28.6 Å². The highest BCUT2D eigenvalue weighted by atomic mass is 35.5. The van der Waals surface area contributed by atoms with Crippen LogP contribution < -0.4 is 9.47 Å². The number of halogens is 1. The molecule has 0 amide bonds. The zero-order valence-corrected chi connectivity index (χ0v) is 24.4. The van der Waals surface area contributed by atoms with Crippen molar-refractivity contribution in [2.24, 2.45) is 0 Å². The molecule has 9 nitrogen and oxygen atoms in total. The highest BCUT2D eigenvalue weighted by molar-refractivity contribution is 6.30. The Balaban J connectivity index is 1.10. The molecular formula is C32H33ClN4O5. The molecule has 2 aromatic carbocycles. The van der Waals surface area contributed by atoms with Gasteiger partial charge in [-0.2, -0.15) is 0 Å². The minimum absolute atomic E-state index is 0.0621. The molecule has 2 aromatic heterocycles. The van der Waals surface area contributed by atoms with Crippen molar-refractivity contribution in [1.29, 1.82) is 0 Å². The number of aromatic nitrogens is 3. The summed E-state index contributed by atoms with van der Waals surface area (Å²) in [6.07, 6.45) is 4.67. The SMILES string of the molecule is CC(c1nc2ccc(C(=O)O)cc2n1C[C@@H]1CCO1)N1CCC(c2cccc3c2O[C@@](C)(c2ccc(Cl)cn2)O3)CC1. The third-order valence-electron chi connectivity index (χ3n) is 8.90. The molecule has 2 saturated heterocycles. The number of nitrogens with zero attached hydrogens (tertiary/aromatic N) is 4. The number of carboxylic acid groups (broad SMARTS) is 1. The van der Waals surface area contributed by atoms with Gasteiger partial charge in [-0.15, -0.1) is 0 Å². The fourth-order valence-corrected chi connectivity index (χ4v) is 6.51. The van der Waals surface area contributed by atoms with E-state index in [0.717, 1.165) is 72.9 Å². The van der Waals surface area contributed by atoms with Crippen LogP contribution in [0.1, 0.15) is 72.5 Å². The van der Waals surface area contributed by atoms with Crippen LogP contribution in [0.3, 0.4) is 0 Å². The summed E-state index contributed by atoms with van der Waals surface area (Å²) in [5.74, 6) is 0.850. The van der Waals surface area contributed by atoms with Crippen molar-refractivity contribution in [2.75, 3.05) is 19.7 Å². The first-order valence-electron chi connectivity index (χ1n) is 14.5. The van der Waals surface area contributed by atoms with E-state index in [-0.39, 0.29) is 17.7 Å². The molecule has 10 heteroatoms. The molecule has 3 atom stereocenters. The van der Waals surface area contributed by atoms with E-state index < -0.39 is 11.8 Å². The average molecular weight is 589 g/mol. The largest absolute Gasteiger partial charge is 0.478 e. The summed E-state index contributed by atoms with van der Waals surface area (Å²) in [5, 5.41) is 10.1. The van der Waals surface area contributed by atoms with Gasteiger partial charge in [-0.05, 0) is 81.6 Å². The van der Waals surface area contributed by atoms with Crippen molar-refractivity contribution in [2.45, 2.75) is 63.5 Å². The van der Waals surface area contributed by atoms with Gasteiger partial charge in [-0.25, -0.2) is 9.78 Å². The molecule has 1 N–H and O–H groups in total. The molecule has 7 rings (SSSR count). The number of benzene rings is 2. The second-order valence-electron chi connectivity index (χ2n) is 11.5. The number of para-hydroxylation sites is 1. The zero-order chi connectivity index (χ0) is 29.0. The Morgan fingerprint density at radius 1 is 1.14 bits per heavy atom. The van der Waals surface area contributed by atoms with Gasteiger partial charge in [0.25, 0.3) is 5.79 Å². The van der Waals surface area contributed by atoms with Crippen LogP contribution in [0.15, 0.2) is 54.7 Å². The topological polar surface area (TPSA) is 98.9 Å². The maximum Gasteiger partial charge on any atom is 0.335 e. The summed E-state index contributed by atoms with van der Waals surface area (Å²) in [6, 6.07) is 15.0. The molecule has 0 aliphatic carbocycles. The van der Waals surface area contributed by atoms with E-state index >= 15 is 0 Å². The van der Waals surface area contributed by atoms with E-state index in [0.29, 0.717) is 23.2 Å². The Morgan fingerprint density at radius 3 is 2.64 bits per heavy atom. The number of carbonyl (C=O) groups is 1. The van der Waals surface area contributed by atoms with E-state index in [9.17, 15) is 9.90 Å². The monoisotopic (exact) mass is 588 g/mol. The van der Waals surface area contributed by atoms with E-state index in [1.807, 2.05) is 31.2 Å². The highest BCUT2D eigenvalue weighted by Crippen LogP contribution is 2.49. The van der Waals surface area contributed by atoms with Crippen LogP contribution in [0.4, 0.5) is 0 Å². The van der Waals surface area contributed by atoms with E-state index in [1.165, 1.54) is 0 Å². The van der Waals surface area contributed by atoms with Crippen LogP contribution in [0.25, 0.3) is 11.0 Å². The van der Waals surface area contributed by atoms with E-state index in [1.54, 1.807) is 24.4 Å². The Kier molecular flexibility index (Phi) is 6.84. The van der Waals surface area contributed by atoms with Crippen molar-refractivity contribution in [3.63, 3.8) is 0 Å². The number of pyridine rings is 1. The van der Waals surface area contributed by atoms with Crippen molar-refractivity contribution < 1.29 is 24.1 Å². The van der Waals surface area contributed by atoms with Gasteiger partial charge in [0, 0.05) is 25.3 Å². The first kappa shape index (κ1) is 27.2. The van der Waals surface area contributed by atoms with E-state index in [2.05, 4.69) is 27.4 Å². The van der Waals surface area contributed by atoms with Gasteiger partial charge < -0.3 is 23.9 Å². The second-order valence-corrected chi connectivity index (χ2v) is 12.0. The minimum Gasteiger partial charge on any atom is -0.478 e. The number of piperidine rings is 1. The first-order valence-corrected chi connectivity index (χ1v) is 14.9. The molecule has 4 aromatic rings. The number of fused-ring (bicyclic) bond motifs is 2. The Hall–Kier alpha value is -3.66. The van der Waals surface area contributed by atoms with Gasteiger partial charge in [0.1, 0.15) is 11.5 Å². The number of rotatable bonds is 7. The van der Waals surface area contributed by atoms with Crippen molar-refractivity contribution in [3.8, 4) is 11.5 Å². The summed E-state index contributed by atoms with van der Waals surface area (Å²) in [4.78, 5) is 23.6. The van der Waals surface area contributed by atoms with Gasteiger partial charge in [-0.1, -0.05) is 23.7 Å². The Labute approximate surface area is 249 Å². The normalized spacial score (nSPS) is 23.2. The lowest BCUT2D eigenvalue weighted by Gasteiger charge is -2.37. The maximum absolute atomic E-state index is 11.7. The maximum atomic E-state index is 11.7. The molecule has 0 bridgehead atoms. The number of carboxylic acids is 1. The van der Waals surface area contributed by atoms with Crippen LogP contribution in [0.2, 0.25) is 5.02 Å². The smallest absolute Gasteiger partial charge is 0.335 e. The lowest BCUT2D eigenvalue weighted by Crippen LogP contribution is -2.37. The zero-order valence-electron chi connectivity index (χ0n) is 23.6. The van der Waals surface area contributed by atoms with Crippen molar-refractivity contribution in [1.82, 2.24) is 19.4 Å². The number of likely N-dealkylation sites (tertiary alicyclic amines) is 1. The minimum atomic E-state index is -1.01. The lowest BCUT2D eigenvalue weighted by atomic mass is 9.88. The highest BCUT2D eigenvalue weighted by Gasteiger charge is 2.42. The first-order chi connectivity index (χ1) is 20.3. The number of hydrogen-bond donors (Lipinski definition) is 1. The Morgan fingerprint density at radius 2 is 1.95 bits per heavy atom. The molecule has 0 radical (unpaired) electrons. The van der Waals surface area contributed by atoms with Gasteiger partial charge in [0.15, 0.2) is 11.5 Å². The van der Waals surface area contributed by atoms with Gasteiger partial charge in [0.2, 0.25) is 0 Å². The number of ether oxygens (including phenoxy) is 3. The lowest BCUT2D eigenvalue weighted by molar-refractivity contribution is -0.0722. The molecule has 3 aliphatic rings. The van der Waals surface area contributed by atoms with Gasteiger partial charge >= 0.3 is 5.97 Å². The molecule has 0 saturated carbocycles. The van der Waals surface area contributed by atoms with Gasteiger partial charge in [0.05, 0.1) is 40.3 Å². The van der Waals surface area contributed by atoms with Crippen LogP contribution in [0.5, 0.6) is 11.5 Å². The summed E-state index contributed by atoms with van der Waals surface area (Å²) in [6.45, 7) is 7.32. The third-order valence-corrected chi connectivity index (χ3v) is 9.12. The van der Waals surface area contributed by atoms with Crippen molar-refractivity contribution in [3.05, 3.63) is 82.4 Å². The van der Waals surface area contributed by atoms with Crippen LogP contribution >= 0.6 is 11.6 Å². The summed E-state index contributed by atoms with van der Waals surface area (Å²) >= 11 is 6.05. The quantitative estimate of drug-likeness (QED) is 0.274. The Bertz CT molecular complexity index is 1640.